The van der Waals surface area contributed by atoms with E-state index >= 15 is 0 Å². The van der Waals surface area contributed by atoms with Crippen LogP contribution in [-0.4, -0.2) is 24.1 Å². The Morgan fingerprint density at radius 3 is 2.17 bits per heavy atom. The van der Waals surface area contributed by atoms with E-state index in [4.69, 9.17) is 9.47 Å². The highest BCUT2D eigenvalue weighted by Crippen LogP contribution is 2.26. The highest BCUT2D eigenvalue weighted by molar-refractivity contribution is 5.63. The maximum atomic E-state index is 5.81. The van der Waals surface area contributed by atoms with E-state index in [9.17, 15) is 0 Å². The van der Waals surface area contributed by atoms with Gasteiger partial charge in [-0.15, -0.1) is 0 Å². The minimum Gasteiger partial charge on any atom is -0.481 e. The number of nitrogens with one attached hydrogen (secondary N) is 1. The molecule has 3 aromatic rings. The Morgan fingerprint density at radius 1 is 0.875 bits per heavy atom. The summed E-state index contributed by atoms with van der Waals surface area (Å²) >= 11 is 0. The number of methoxy groups -OCH3 is 1. The lowest BCUT2D eigenvalue weighted by molar-refractivity contribution is 0.398. The van der Waals surface area contributed by atoms with Crippen molar-refractivity contribution in [2.24, 2.45) is 0 Å². The van der Waals surface area contributed by atoms with Gasteiger partial charge < -0.3 is 14.8 Å². The highest BCUT2D eigenvalue weighted by atomic mass is 16.5. The molecule has 0 saturated carbocycles. The molecule has 0 aliphatic rings. The van der Waals surface area contributed by atoms with Crippen LogP contribution in [0.3, 0.4) is 0 Å². The molecule has 0 aliphatic heterocycles. The lowest BCUT2D eigenvalue weighted by atomic mass is 10.1. The molecule has 122 valence electrons. The van der Waals surface area contributed by atoms with E-state index in [2.05, 4.69) is 15.3 Å². The van der Waals surface area contributed by atoms with E-state index < -0.39 is 0 Å². The zero-order valence-electron chi connectivity index (χ0n) is 13.9. The van der Waals surface area contributed by atoms with Crippen LogP contribution in [0, 0.1) is 6.92 Å². The molecule has 0 fully saturated rings. The second kappa shape index (κ2) is 7.00. The number of anilines is 1. The van der Waals surface area contributed by atoms with Crippen molar-refractivity contribution in [3.8, 4) is 28.6 Å². The summed E-state index contributed by atoms with van der Waals surface area (Å²) in [5.74, 6) is 1.92. The predicted octanol–water partition coefficient (Wildman–Crippen LogP) is 4.29. The van der Waals surface area contributed by atoms with Gasteiger partial charge in [-0.25, -0.2) is 9.97 Å². The molecule has 2 aromatic heterocycles. The van der Waals surface area contributed by atoms with Gasteiger partial charge in [0.15, 0.2) is 0 Å². The number of hydrogen-bond donors (Lipinski definition) is 1. The second-order valence-electron chi connectivity index (χ2n) is 5.30. The summed E-state index contributed by atoms with van der Waals surface area (Å²) in [6.07, 6.45) is 3.55. The minimum absolute atomic E-state index is 0.574. The fourth-order valence-corrected chi connectivity index (χ4v) is 2.36. The van der Waals surface area contributed by atoms with E-state index in [0.717, 1.165) is 28.1 Å². The van der Waals surface area contributed by atoms with E-state index in [0.29, 0.717) is 11.8 Å². The summed E-state index contributed by atoms with van der Waals surface area (Å²) in [6.45, 7) is 2.01. The summed E-state index contributed by atoms with van der Waals surface area (Å²) in [5, 5.41) is 3.09. The number of pyridine rings is 2. The fourth-order valence-electron chi connectivity index (χ4n) is 2.36. The number of rotatable bonds is 5. The Kier molecular flexibility index (Phi) is 4.61. The van der Waals surface area contributed by atoms with Crippen LogP contribution in [-0.2, 0) is 0 Å². The van der Waals surface area contributed by atoms with Crippen LogP contribution in [0.25, 0.3) is 11.1 Å². The molecule has 5 heteroatoms. The molecule has 24 heavy (non-hydrogen) atoms. The minimum atomic E-state index is 0.574. The maximum Gasteiger partial charge on any atom is 0.219 e. The Morgan fingerprint density at radius 2 is 1.58 bits per heavy atom. The van der Waals surface area contributed by atoms with Gasteiger partial charge in [0.25, 0.3) is 0 Å². The third-order valence-corrected chi connectivity index (χ3v) is 3.71. The zero-order chi connectivity index (χ0) is 16.9. The molecule has 0 amide bonds. The first-order valence-corrected chi connectivity index (χ1v) is 7.62. The molecule has 2 heterocycles. The first kappa shape index (κ1) is 15.8. The topological polar surface area (TPSA) is 56.3 Å². The van der Waals surface area contributed by atoms with Crippen LogP contribution in [0.1, 0.15) is 5.56 Å². The summed E-state index contributed by atoms with van der Waals surface area (Å²) in [5.41, 5.74) is 4.16. The summed E-state index contributed by atoms with van der Waals surface area (Å²) in [7, 11) is 3.48. The van der Waals surface area contributed by atoms with Crippen LogP contribution >= 0.6 is 0 Å². The highest BCUT2D eigenvalue weighted by Gasteiger charge is 2.04. The van der Waals surface area contributed by atoms with Crippen molar-refractivity contribution in [3.63, 3.8) is 0 Å². The lowest BCUT2D eigenvalue weighted by Crippen LogP contribution is -1.95. The molecular formula is C19H19N3O2. The number of aromatic nitrogens is 2. The van der Waals surface area contributed by atoms with Crippen LogP contribution in [0.4, 0.5) is 5.69 Å². The largest absolute Gasteiger partial charge is 0.481 e. The third kappa shape index (κ3) is 3.46. The molecule has 0 saturated heterocycles. The molecule has 0 bridgehead atoms. The van der Waals surface area contributed by atoms with Crippen molar-refractivity contribution in [3.05, 3.63) is 60.4 Å². The van der Waals surface area contributed by atoms with Crippen molar-refractivity contribution in [1.82, 2.24) is 9.97 Å². The Balaban J connectivity index is 1.75. The molecule has 5 nitrogen and oxygen atoms in total. The molecule has 0 aliphatic carbocycles. The Bertz CT molecular complexity index is 815. The van der Waals surface area contributed by atoms with E-state index in [1.54, 1.807) is 19.5 Å². The average molecular weight is 321 g/mol. The summed E-state index contributed by atoms with van der Waals surface area (Å²) in [4.78, 5) is 8.52. The smallest absolute Gasteiger partial charge is 0.219 e. The quantitative estimate of drug-likeness (QED) is 0.759. The van der Waals surface area contributed by atoms with Crippen molar-refractivity contribution >= 4 is 5.69 Å². The monoisotopic (exact) mass is 321 g/mol. The van der Waals surface area contributed by atoms with Crippen LogP contribution in [0.15, 0.2) is 54.9 Å². The van der Waals surface area contributed by atoms with Crippen molar-refractivity contribution in [2.45, 2.75) is 6.92 Å². The molecular weight excluding hydrogens is 302 g/mol. The predicted molar refractivity (Wildman–Crippen MR) is 94.8 cm³/mol. The summed E-state index contributed by atoms with van der Waals surface area (Å²) in [6, 6.07) is 13.6. The van der Waals surface area contributed by atoms with Gasteiger partial charge in [0.2, 0.25) is 11.8 Å². The van der Waals surface area contributed by atoms with Gasteiger partial charge in [-0.3, -0.25) is 0 Å². The second-order valence-corrected chi connectivity index (χ2v) is 5.30. The average Bonchev–Trinajstić information content (AvgIpc) is 2.63. The SMILES string of the molecule is CNc1cnc(Oc2ccc(-c3ccc(OC)nc3)cc2)cc1C. The zero-order valence-corrected chi connectivity index (χ0v) is 13.9. The standard InChI is InChI=1S/C19H19N3O2/c1-13-10-19(22-12-17(13)20-2)24-16-7-4-14(5-8-16)15-6-9-18(23-3)21-11-15/h4-12,20H,1-3H3. The van der Waals surface area contributed by atoms with Gasteiger partial charge >= 0.3 is 0 Å². The molecule has 0 radical (unpaired) electrons. The molecule has 3 rings (SSSR count). The van der Waals surface area contributed by atoms with Crippen LogP contribution < -0.4 is 14.8 Å². The number of aryl methyl sites for hydroxylation is 1. The number of hydrogen-bond acceptors (Lipinski definition) is 5. The maximum absolute atomic E-state index is 5.81. The van der Waals surface area contributed by atoms with Gasteiger partial charge in [0.05, 0.1) is 19.0 Å². The molecule has 0 atom stereocenters. The van der Waals surface area contributed by atoms with Crippen LogP contribution in [0.5, 0.6) is 17.5 Å². The van der Waals surface area contributed by atoms with E-state index in [1.807, 2.05) is 56.4 Å². The molecule has 1 aromatic carbocycles. The van der Waals surface area contributed by atoms with Crippen molar-refractivity contribution in [1.29, 1.82) is 0 Å². The third-order valence-electron chi connectivity index (χ3n) is 3.71. The van der Waals surface area contributed by atoms with Gasteiger partial charge in [0.1, 0.15) is 5.75 Å². The van der Waals surface area contributed by atoms with Gasteiger partial charge in [-0.1, -0.05) is 12.1 Å². The first-order valence-electron chi connectivity index (χ1n) is 7.62. The van der Waals surface area contributed by atoms with E-state index in [-0.39, 0.29) is 0 Å². The Labute approximate surface area is 141 Å². The van der Waals surface area contributed by atoms with Gasteiger partial charge in [-0.2, -0.15) is 0 Å². The number of ether oxygens (including phenoxy) is 2. The molecule has 0 spiro atoms. The lowest BCUT2D eigenvalue weighted by Gasteiger charge is -2.09. The van der Waals surface area contributed by atoms with Crippen LogP contribution in [0.2, 0.25) is 0 Å². The molecule has 0 unspecified atom stereocenters. The fraction of sp³-hybridized carbons (Fsp3) is 0.158. The van der Waals surface area contributed by atoms with Gasteiger partial charge in [0, 0.05) is 30.9 Å². The number of nitrogens with zero attached hydrogens (tertiary/aromatic N) is 2. The van der Waals surface area contributed by atoms with Gasteiger partial charge in [-0.05, 0) is 36.2 Å². The van der Waals surface area contributed by atoms with Crippen molar-refractivity contribution in [2.75, 3.05) is 19.5 Å². The Hall–Kier alpha value is -3.08. The normalized spacial score (nSPS) is 10.3. The number of benzene rings is 1. The van der Waals surface area contributed by atoms with Crippen molar-refractivity contribution < 1.29 is 9.47 Å². The van der Waals surface area contributed by atoms with E-state index in [1.165, 1.54) is 0 Å². The first-order chi connectivity index (χ1) is 11.7. The summed E-state index contributed by atoms with van der Waals surface area (Å²) < 4.78 is 10.9. The molecule has 1 N–H and O–H groups in total.